The molecule has 0 spiro atoms. The molecule has 6 nitrogen and oxygen atoms in total. The Labute approximate surface area is 110 Å². The highest BCUT2D eigenvalue weighted by Crippen LogP contribution is 2.16. The van der Waals surface area contributed by atoms with Crippen molar-refractivity contribution in [2.45, 2.75) is 19.9 Å². The van der Waals surface area contributed by atoms with Gasteiger partial charge in [-0.3, -0.25) is 4.98 Å². The van der Waals surface area contributed by atoms with E-state index >= 15 is 0 Å². The van der Waals surface area contributed by atoms with Gasteiger partial charge in [-0.1, -0.05) is 0 Å². The van der Waals surface area contributed by atoms with E-state index in [0.717, 1.165) is 5.56 Å². The second-order valence-electron chi connectivity index (χ2n) is 4.14. The molecule has 0 saturated carbocycles. The van der Waals surface area contributed by atoms with Crippen LogP contribution in [0.3, 0.4) is 0 Å². The quantitative estimate of drug-likeness (QED) is 0.872. The highest BCUT2D eigenvalue weighted by molar-refractivity contribution is 5.88. The first kappa shape index (κ1) is 12.9. The number of aryl methyl sites for hydroxylation is 1. The van der Waals surface area contributed by atoms with Gasteiger partial charge in [-0.05, 0) is 31.5 Å². The standard InChI is InChI=1S/C13H14N4O2/c1-8(10-3-5-14-6-4-10)16-13-15-7-11(12(18)19)9(2)17-13/h3-8H,1-2H3,(H,18,19)(H,15,16,17). The van der Waals surface area contributed by atoms with Crippen LogP contribution in [-0.2, 0) is 0 Å². The van der Waals surface area contributed by atoms with Crippen LogP contribution in [0.25, 0.3) is 0 Å². The second-order valence-corrected chi connectivity index (χ2v) is 4.14. The van der Waals surface area contributed by atoms with E-state index in [0.29, 0.717) is 11.6 Å². The molecule has 1 atom stereocenters. The van der Waals surface area contributed by atoms with Crippen LogP contribution < -0.4 is 5.32 Å². The summed E-state index contributed by atoms with van der Waals surface area (Å²) in [6, 6.07) is 3.81. The molecule has 0 fully saturated rings. The van der Waals surface area contributed by atoms with Gasteiger partial charge in [0.2, 0.25) is 5.95 Å². The molecule has 6 heteroatoms. The average molecular weight is 258 g/mol. The number of aromatic nitrogens is 3. The van der Waals surface area contributed by atoms with Gasteiger partial charge in [-0.2, -0.15) is 0 Å². The van der Waals surface area contributed by atoms with E-state index in [9.17, 15) is 4.79 Å². The van der Waals surface area contributed by atoms with Crippen LogP contribution in [0.5, 0.6) is 0 Å². The Kier molecular flexibility index (Phi) is 3.70. The van der Waals surface area contributed by atoms with Crippen molar-refractivity contribution in [3.63, 3.8) is 0 Å². The first-order valence-corrected chi connectivity index (χ1v) is 5.81. The first-order valence-electron chi connectivity index (χ1n) is 5.81. The number of nitrogens with one attached hydrogen (secondary N) is 1. The van der Waals surface area contributed by atoms with Crippen LogP contribution in [0, 0.1) is 6.92 Å². The van der Waals surface area contributed by atoms with E-state index in [1.54, 1.807) is 19.3 Å². The lowest BCUT2D eigenvalue weighted by atomic mass is 10.1. The van der Waals surface area contributed by atoms with Crippen LogP contribution >= 0.6 is 0 Å². The molecule has 98 valence electrons. The molecule has 0 aliphatic heterocycles. The normalized spacial score (nSPS) is 11.9. The third-order valence-corrected chi connectivity index (χ3v) is 2.76. The molecule has 0 amide bonds. The van der Waals surface area contributed by atoms with Crippen molar-refractivity contribution in [1.82, 2.24) is 15.0 Å². The Morgan fingerprint density at radius 2 is 2.05 bits per heavy atom. The van der Waals surface area contributed by atoms with Gasteiger partial charge < -0.3 is 10.4 Å². The van der Waals surface area contributed by atoms with Gasteiger partial charge in [0.25, 0.3) is 0 Å². The molecule has 1 unspecified atom stereocenters. The van der Waals surface area contributed by atoms with Gasteiger partial charge in [0, 0.05) is 18.6 Å². The molecule has 2 aromatic heterocycles. The Morgan fingerprint density at radius 3 is 2.63 bits per heavy atom. The number of carboxylic acid groups (broad SMARTS) is 1. The van der Waals surface area contributed by atoms with Crippen molar-refractivity contribution in [2.75, 3.05) is 5.32 Å². The lowest BCUT2D eigenvalue weighted by Gasteiger charge is -2.14. The minimum Gasteiger partial charge on any atom is -0.478 e. The van der Waals surface area contributed by atoms with Gasteiger partial charge in [0.15, 0.2) is 0 Å². The Morgan fingerprint density at radius 1 is 1.37 bits per heavy atom. The van der Waals surface area contributed by atoms with E-state index in [1.165, 1.54) is 6.20 Å². The van der Waals surface area contributed by atoms with Crippen LogP contribution in [0.2, 0.25) is 0 Å². The van der Waals surface area contributed by atoms with Crippen molar-refractivity contribution in [2.24, 2.45) is 0 Å². The largest absolute Gasteiger partial charge is 0.478 e. The van der Waals surface area contributed by atoms with Gasteiger partial charge in [0.05, 0.1) is 17.3 Å². The van der Waals surface area contributed by atoms with Crippen LogP contribution in [0.15, 0.2) is 30.7 Å². The summed E-state index contributed by atoms with van der Waals surface area (Å²) in [6.07, 6.45) is 4.74. The third kappa shape index (κ3) is 3.04. The van der Waals surface area contributed by atoms with Gasteiger partial charge in [0.1, 0.15) is 0 Å². The van der Waals surface area contributed by atoms with Crippen LogP contribution in [-0.4, -0.2) is 26.0 Å². The maximum Gasteiger partial charge on any atom is 0.339 e. The van der Waals surface area contributed by atoms with Gasteiger partial charge in [-0.25, -0.2) is 14.8 Å². The van der Waals surface area contributed by atoms with Crippen molar-refractivity contribution >= 4 is 11.9 Å². The fraction of sp³-hybridized carbons (Fsp3) is 0.231. The average Bonchev–Trinajstić information content (AvgIpc) is 2.39. The third-order valence-electron chi connectivity index (χ3n) is 2.76. The fourth-order valence-electron chi connectivity index (χ4n) is 1.68. The molecular weight excluding hydrogens is 244 g/mol. The monoisotopic (exact) mass is 258 g/mol. The summed E-state index contributed by atoms with van der Waals surface area (Å²) in [5.74, 6) is -0.613. The van der Waals surface area contributed by atoms with E-state index in [2.05, 4.69) is 20.3 Å². The Hall–Kier alpha value is -2.50. The molecule has 2 rings (SSSR count). The first-order chi connectivity index (χ1) is 9.08. The number of nitrogens with zero attached hydrogens (tertiary/aromatic N) is 3. The van der Waals surface area contributed by atoms with E-state index in [-0.39, 0.29) is 11.6 Å². The molecule has 2 heterocycles. The Bertz CT molecular complexity index is 586. The summed E-state index contributed by atoms with van der Waals surface area (Å²) in [7, 11) is 0. The zero-order valence-electron chi connectivity index (χ0n) is 10.7. The summed E-state index contributed by atoms with van der Waals surface area (Å²) in [5.41, 5.74) is 1.60. The summed E-state index contributed by atoms with van der Waals surface area (Å²) in [5, 5.41) is 12.0. The lowest BCUT2D eigenvalue weighted by molar-refractivity contribution is 0.0695. The molecule has 0 aliphatic carbocycles. The second kappa shape index (κ2) is 5.43. The molecule has 0 aromatic carbocycles. The zero-order valence-corrected chi connectivity index (χ0v) is 10.7. The number of aromatic carboxylic acids is 1. The topological polar surface area (TPSA) is 88.0 Å². The van der Waals surface area contributed by atoms with Crippen molar-refractivity contribution in [3.05, 3.63) is 47.5 Å². The number of hydrogen-bond acceptors (Lipinski definition) is 5. The maximum atomic E-state index is 10.9. The summed E-state index contributed by atoms with van der Waals surface area (Å²) < 4.78 is 0. The molecule has 2 aromatic rings. The smallest absolute Gasteiger partial charge is 0.339 e. The number of carbonyl (C=O) groups is 1. The van der Waals surface area contributed by atoms with Gasteiger partial charge >= 0.3 is 5.97 Å². The van der Waals surface area contributed by atoms with E-state index < -0.39 is 5.97 Å². The predicted molar refractivity (Wildman–Crippen MR) is 70.0 cm³/mol. The van der Waals surface area contributed by atoms with E-state index in [4.69, 9.17) is 5.11 Å². The van der Waals surface area contributed by atoms with Crippen molar-refractivity contribution < 1.29 is 9.90 Å². The maximum absolute atomic E-state index is 10.9. The molecule has 19 heavy (non-hydrogen) atoms. The Balaban J connectivity index is 2.16. The molecule has 0 radical (unpaired) electrons. The van der Waals surface area contributed by atoms with Gasteiger partial charge in [-0.15, -0.1) is 0 Å². The molecule has 0 aliphatic rings. The summed E-state index contributed by atoms with van der Waals surface area (Å²) in [4.78, 5) is 23.0. The van der Waals surface area contributed by atoms with Crippen LogP contribution in [0.1, 0.15) is 34.6 Å². The zero-order chi connectivity index (χ0) is 13.8. The number of pyridine rings is 1. The SMILES string of the molecule is Cc1nc(NC(C)c2ccncc2)ncc1C(=O)O. The summed E-state index contributed by atoms with van der Waals surface area (Å²) >= 11 is 0. The number of anilines is 1. The predicted octanol–water partition coefficient (Wildman–Crippen LogP) is 2.05. The minimum absolute atomic E-state index is 0.0121. The number of carboxylic acids is 1. The van der Waals surface area contributed by atoms with Crippen LogP contribution in [0.4, 0.5) is 5.95 Å². The minimum atomic E-state index is -1.02. The highest BCUT2D eigenvalue weighted by Gasteiger charge is 2.11. The molecular formula is C13H14N4O2. The molecule has 0 bridgehead atoms. The van der Waals surface area contributed by atoms with E-state index in [1.807, 2.05) is 19.1 Å². The number of hydrogen-bond donors (Lipinski definition) is 2. The fourth-order valence-corrected chi connectivity index (χ4v) is 1.68. The molecule has 2 N–H and O–H groups in total. The van der Waals surface area contributed by atoms with Crippen molar-refractivity contribution in [1.29, 1.82) is 0 Å². The highest BCUT2D eigenvalue weighted by atomic mass is 16.4. The van der Waals surface area contributed by atoms with Crippen molar-refractivity contribution in [3.8, 4) is 0 Å². The lowest BCUT2D eigenvalue weighted by Crippen LogP contribution is -2.12. The summed E-state index contributed by atoms with van der Waals surface area (Å²) in [6.45, 7) is 3.62. The molecule has 0 saturated heterocycles. The number of rotatable bonds is 4.